The molecule has 0 heterocycles. The molecule has 2 unspecified atom stereocenters. The van der Waals surface area contributed by atoms with Crippen molar-refractivity contribution < 1.29 is 14.3 Å². The minimum atomic E-state index is -0.220. The zero-order chi connectivity index (χ0) is 14.4. The van der Waals surface area contributed by atoms with Crippen LogP contribution in [0.5, 0.6) is 0 Å². The molecule has 1 aliphatic rings. The number of esters is 1. The van der Waals surface area contributed by atoms with Gasteiger partial charge in [0.2, 0.25) is 0 Å². The maximum atomic E-state index is 12.1. The van der Waals surface area contributed by atoms with Crippen molar-refractivity contribution in [2.75, 3.05) is 13.4 Å². The van der Waals surface area contributed by atoms with Gasteiger partial charge in [-0.25, -0.2) is 4.79 Å². The van der Waals surface area contributed by atoms with Crippen LogP contribution in [0.4, 0.5) is 0 Å². The van der Waals surface area contributed by atoms with Crippen LogP contribution in [0.15, 0.2) is 24.3 Å². The third-order valence-electron chi connectivity index (χ3n) is 3.69. The van der Waals surface area contributed by atoms with E-state index in [2.05, 4.69) is 6.26 Å². The highest BCUT2D eigenvalue weighted by Gasteiger charge is 2.25. The Labute approximate surface area is 125 Å². The first-order valence-electron chi connectivity index (χ1n) is 7.04. The van der Waals surface area contributed by atoms with Gasteiger partial charge in [0.25, 0.3) is 0 Å². The second-order valence-electron chi connectivity index (χ2n) is 5.18. The van der Waals surface area contributed by atoms with Gasteiger partial charge in [-0.2, -0.15) is 11.8 Å². The molecule has 0 saturated heterocycles. The van der Waals surface area contributed by atoms with Crippen LogP contribution in [0.25, 0.3) is 0 Å². The van der Waals surface area contributed by atoms with E-state index in [1.54, 1.807) is 18.9 Å². The maximum Gasteiger partial charge on any atom is 0.338 e. The monoisotopic (exact) mass is 294 g/mol. The highest BCUT2D eigenvalue weighted by molar-refractivity contribution is 7.97. The predicted octanol–water partition coefficient (Wildman–Crippen LogP) is 3.66. The van der Waals surface area contributed by atoms with Crippen molar-refractivity contribution in [1.29, 1.82) is 0 Å². The lowest BCUT2D eigenvalue weighted by Gasteiger charge is -2.27. The summed E-state index contributed by atoms with van der Waals surface area (Å²) in [6.07, 6.45) is 6.16. The summed E-state index contributed by atoms with van der Waals surface area (Å²) in [5, 5.41) is 0. The summed E-state index contributed by atoms with van der Waals surface area (Å²) in [5.74, 6) is 0.746. The van der Waals surface area contributed by atoms with Crippen molar-refractivity contribution in [3.8, 4) is 0 Å². The van der Waals surface area contributed by atoms with Crippen LogP contribution in [-0.4, -0.2) is 31.5 Å². The summed E-state index contributed by atoms with van der Waals surface area (Å²) in [4.78, 5) is 12.1. The molecule has 20 heavy (non-hydrogen) atoms. The molecule has 0 aromatic heterocycles. The topological polar surface area (TPSA) is 35.5 Å². The molecular weight excluding hydrogens is 272 g/mol. The van der Waals surface area contributed by atoms with E-state index in [4.69, 9.17) is 9.47 Å². The number of methoxy groups -OCH3 is 1. The molecule has 0 radical (unpaired) electrons. The lowest BCUT2D eigenvalue weighted by Crippen LogP contribution is -2.29. The van der Waals surface area contributed by atoms with Gasteiger partial charge in [0, 0.05) is 19.3 Å². The van der Waals surface area contributed by atoms with Crippen LogP contribution in [-0.2, 0) is 15.2 Å². The molecule has 1 saturated carbocycles. The quantitative estimate of drug-likeness (QED) is 0.776. The van der Waals surface area contributed by atoms with Gasteiger partial charge in [-0.05, 0) is 43.2 Å². The van der Waals surface area contributed by atoms with E-state index in [1.807, 2.05) is 24.3 Å². The van der Waals surface area contributed by atoms with Crippen molar-refractivity contribution >= 4 is 17.7 Å². The predicted molar refractivity (Wildman–Crippen MR) is 82.1 cm³/mol. The Morgan fingerprint density at radius 2 is 1.95 bits per heavy atom. The molecule has 0 aliphatic heterocycles. The fourth-order valence-corrected chi connectivity index (χ4v) is 3.07. The smallest absolute Gasteiger partial charge is 0.338 e. The van der Waals surface area contributed by atoms with Crippen LogP contribution in [0.1, 0.15) is 41.6 Å². The normalized spacial score (nSPS) is 22.5. The number of carbonyl (C=O) groups is 1. The van der Waals surface area contributed by atoms with Crippen molar-refractivity contribution in [1.82, 2.24) is 0 Å². The van der Waals surface area contributed by atoms with Gasteiger partial charge in [-0.15, -0.1) is 0 Å². The second-order valence-corrected chi connectivity index (χ2v) is 6.05. The largest absolute Gasteiger partial charge is 0.459 e. The molecule has 1 aromatic carbocycles. The number of thioether (sulfide) groups is 1. The van der Waals surface area contributed by atoms with Crippen molar-refractivity contribution in [2.45, 2.75) is 43.6 Å². The molecule has 2 atom stereocenters. The summed E-state index contributed by atoms with van der Waals surface area (Å²) >= 11 is 1.77. The number of ether oxygens (including phenoxy) is 2. The van der Waals surface area contributed by atoms with E-state index in [0.717, 1.165) is 31.4 Å². The van der Waals surface area contributed by atoms with E-state index in [-0.39, 0.29) is 18.2 Å². The molecule has 110 valence electrons. The Bertz CT molecular complexity index is 430. The fourth-order valence-electron chi connectivity index (χ4n) is 2.55. The molecule has 0 amide bonds. The highest BCUT2D eigenvalue weighted by Crippen LogP contribution is 2.24. The van der Waals surface area contributed by atoms with Gasteiger partial charge in [-0.3, -0.25) is 0 Å². The summed E-state index contributed by atoms with van der Waals surface area (Å²) < 4.78 is 10.9. The molecule has 1 aromatic rings. The van der Waals surface area contributed by atoms with E-state index in [9.17, 15) is 4.79 Å². The Morgan fingerprint density at radius 3 is 2.60 bits per heavy atom. The lowest BCUT2D eigenvalue weighted by molar-refractivity contribution is -0.0149. The molecule has 0 spiro atoms. The summed E-state index contributed by atoms with van der Waals surface area (Å²) in [5.41, 5.74) is 1.86. The Hall–Kier alpha value is -1.00. The zero-order valence-corrected chi connectivity index (χ0v) is 12.9. The van der Waals surface area contributed by atoms with E-state index in [1.165, 1.54) is 5.56 Å². The number of hydrogen-bond acceptors (Lipinski definition) is 4. The first-order valence-corrected chi connectivity index (χ1v) is 8.44. The zero-order valence-electron chi connectivity index (χ0n) is 12.1. The number of hydrogen-bond donors (Lipinski definition) is 0. The molecule has 4 heteroatoms. The minimum absolute atomic E-state index is 0.00734. The maximum absolute atomic E-state index is 12.1. The molecule has 0 bridgehead atoms. The van der Waals surface area contributed by atoms with Crippen LogP contribution in [0, 0.1) is 0 Å². The Morgan fingerprint density at radius 1 is 1.25 bits per heavy atom. The number of rotatable bonds is 5. The van der Waals surface area contributed by atoms with Gasteiger partial charge in [-0.1, -0.05) is 12.1 Å². The first kappa shape index (κ1) is 15.4. The van der Waals surface area contributed by atoms with Gasteiger partial charge < -0.3 is 9.47 Å². The Kier molecular flexibility index (Phi) is 5.92. The second kappa shape index (κ2) is 7.70. The fraction of sp³-hybridized carbons (Fsp3) is 0.562. The van der Waals surface area contributed by atoms with Crippen LogP contribution in [0.2, 0.25) is 0 Å². The molecular formula is C16H22O3S. The van der Waals surface area contributed by atoms with Gasteiger partial charge in [0.15, 0.2) is 0 Å². The molecule has 1 aliphatic carbocycles. The van der Waals surface area contributed by atoms with Gasteiger partial charge in [0.1, 0.15) is 6.10 Å². The van der Waals surface area contributed by atoms with E-state index < -0.39 is 0 Å². The SMILES string of the molecule is COC1CCCC(OC(=O)c2ccc(CSC)cc2)C1. The highest BCUT2D eigenvalue weighted by atomic mass is 32.2. The lowest BCUT2D eigenvalue weighted by atomic mass is 9.95. The van der Waals surface area contributed by atoms with Gasteiger partial charge in [0.05, 0.1) is 11.7 Å². The minimum Gasteiger partial charge on any atom is -0.459 e. The van der Waals surface area contributed by atoms with E-state index >= 15 is 0 Å². The van der Waals surface area contributed by atoms with Crippen molar-refractivity contribution in [3.63, 3.8) is 0 Å². The molecule has 3 nitrogen and oxygen atoms in total. The number of benzene rings is 1. The summed E-state index contributed by atoms with van der Waals surface area (Å²) in [6, 6.07) is 7.69. The van der Waals surface area contributed by atoms with Crippen LogP contribution >= 0.6 is 11.8 Å². The molecule has 2 rings (SSSR count). The van der Waals surface area contributed by atoms with Crippen molar-refractivity contribution in [3.05, 3.63) is 35.4 Å². The van der Waals surface area contributed by atoms with Gasteiger partial charge >= 0.3 is 5.97 Å². The standard InChI is InChI=1S/C16H22O3S/c1-18-14-4-3-5-15(10-14)19-16(17)13-8-6-12(7-9-13)11-20-2/h6-9,14-15H,3-5,10-11H2,1-2H3. The third-order valence-corrected chi connectivity index (χ3v) is 4.31. The first-order chi connectivity index (χ1) is 9.72. The third kappa shape index (κ3) is 4.25. The van der Waals surface area contributed by atoms with Crippen molar-refractivity contribution in [2.24, 2.45) is 0 Å². The van der Waals surface area contributed by atoms with Crippen LogP contribution < -0.4 is 0 Å². The molecule has 1 fully saturated rings. The van der Waals surface area contributed by atoms with Crippen LogP contribution in [0.3, 0.4) is 0 Å². The average molecular weight is 294 g/mol. The summed E-state index contributed by atoms with van der Waals surface area (Å²) in [7, 11) is 1.72. The van der Waals surface area contributed by atoms with E-state index in [0.29, 0.717) is 5.56 Å². The Balaban J connectivity index is 1.90. The summed E-state index contributed by atoms with van der Waals surface area (Å²) in [6.45, 7) is 0. The number of carbonyl (C=O) groups excluding carboxylic acids is 1. The molecule has 0 N–H and O–H groups in total. The average Bonchev–Trinajstić information content (AvgIpc) is 2.48.